The topological polar surface area (TPSA) is 18.5 Å². The van der Waals surface area contributed by atoms with Gasteiger partial charge in [0.2, 0.25) is 0 Å². The first-order valence-electron chi connectivity index (χ1n) is 7.37. The fraction of sp³-hybridized carbons (Fsp3) is 0.529. The van der Waals surface area contributed by atoms with Gasteiger partial charge in [0, 0.05) is 11.5 Å². The van der Waals surface area contributed by atoms with Crippen LogP contribution in [0.3, 0.4) is 0 Å². The maximum atomic E-state index is 12.4. The van der Waals surface area contributed by atoms with Gasteiger partial charge in [0.25, 0.3) is 8.32 Å². The van der Waals surface area contributed by atoms with E-state index in [2.05, 4.69) is 50.6 Å². The van der Waals surface area contributed by atoms with Crippen molar-refractivity contribution >= 4 is 8.32 Å². The van der Waals surface area contributed by atoms with Crippen LogP contribution in [0.5, 0.6) is 5.75 Å². The monoisotopic (exact) mass is 344 g/mol. The van der Waals surface area contributed by atoms with Gasteiger partial charge < -0.3 is 9.16 Å². The predicted molar refractivity (Wildman–Crippen MR) is 87.6 cm³/mol. The molecule has 128 valence electrons. The Kier molecular flexibility index (Phi) is 5.81. The number of para-hydroxylation sites is 1. The SMILES string of the molecule is CC(C#CO[Si](C)(C)C(C)(C)C)c1ccccc1OC(F)(F)F. The lowest BCUT2D eigenvalue weighted by atomic mass is 10.0. The van der Waals surface area contributed by atoms with E-state index in [0.29, 0.717) is 5.56 Å². The van der Waals surface area contributed by atoms with Crippen LogP contribution in [0.1, 0.15) is 39.2 Å². The Balaban J connectivity index is 2.93. The molecule has 0 aliphatic heterocycles. The third-order valence-electron chi connectivity index (χ3n) is 4.00. The zero-order valence-corrected chi connectivity index (χ0v) is 15.3. The minimum Gasteiger partial charge on any atom is -0.500 e. The van der Waals surface area contributed by atoms with Gasteiger partial charge >= 0.3 is 6.36 Å². The van der Waals surface area contributed by atoms with E-state index >= 15 is 0 Å². The molecule has 0 saturated heterocycles. The number of alkyl halides is 3. The number of hydrogen-bond donors (Lipinski definition) is 0. The largest absolute Gasteiger partial charge is 0.573 e. The van der Waals surface area contributed by atoms with Crippen LogP contribution in [0.4, 0.5) is 13.2 Å². The highest BCUT2D eigenvalue weighted by Gasteiger charge is 2.38. The van der Waals surface area contributed by atoms with Gasteiger partial charge in [0.05, 0.1) is 6.11 Å². The van der Waals surface area contributed by atoms with Crippen molar-refractivity contribution < 1.29 is 22.3 Å². The Morgan fingerprint density at radius 1 is 1.09 bits per heavy atom. The van der Waals surface area contributed by atoms with Gasteiger partial charge in [-0.1, -0.05) is 44.9 Å². The zero-order chi connectivity index (χ0) is 17.9. The molecule has 6 heteroatoms. The molecule has 0 amide bonds. The van der Waals surface area contributed by atoms with Crippen molar-refractivity contribution in [2.45, 2.75) is 58.1 Å². The molecule has 0 aliphatic rings. The fourth-order valence-electron chi connectivity index (χ4n) is 1.53. The molecule has 1 aromatic carbocycles. The van der Waals surface area contributed by atoms with Crippen LogP contribution in [0.25, 0.3) is 0 Å². The molecule has 23 heavy (non-hydrogen) atoms. The number of rotatable bonds is 3. The van der Waals surface area contributed by atoms with Gasteiger partial charge in [0.1, 0.15) is 5.75 Å². The molecule has 1 unspecified atom stereocenters. The Bertz CT molecular complexity index is 592. The first-order valence-corrected chi connectivity index (χ1v) is 10.3. The molecule has 1 rings (SSSR count). The lowest BCUT2D eigenvalue weighted by Gasteiger charge is -2.33. The maximum Gasteiger partial charge on any atom is 0.573 e. The smallest absolute Gasteiger partial charge is 0.500 e. The minimum atomic E-state index is -4.72. The van der Waals surface area contributed by atoms with Crippen LogP contribution in [0.2, 0.25) is 18.1 Å². The highest BCUT2D eigenvalue weighted by molar-refractivity contribution is 6.74. The van der Waals surface area contributed by atoms with Gasteiger partial charge in [0.15, 0.2) is 0 Å². The Morgan fingerprint density at radius 2 is 1.65 bits per heavy atom. The Labute approximate surface area is 137 Å². The molecule has 0 saturated carbocycles. The van der Waals surface area contributed by atoms with Crippen molar-refractivity contribution in [3.05, 3.63) is 29.8 Å². The molecule has 0 fully saturated rings. The van der Waals surface area contributed by atoms with Gasteiger partial charge in [-0.05, 0) is 31.1 Å². The van der Waals surface area contributed by atoms with Crippen molar-refractivity contribution in [3.63, 3.8) is 0 Å². The molecule has 0 heterocycles. The van der Waals surface area contributed by atoms with Crippen LogP contribution in [-0.2, 0) is 4.43 Å². The lowest BCUT2D eigenvalue weighted by molar-refractivity contribution is -0.274. The first kappa shape index (κ1) is 19.4. The van der Waals surface area contributed by atoms with E-state index in [9.17, 15) is 13.2 Å². The molecule has 0 bridgehead atoms. The molecular formula is C17H23F3O2Si. The van der Waals surface area contributed by atoms with Crippen LogP contribution in [0, 0.1) is 12.0 Å². The lowest BCUT2D eigenvalue weighted by Crippen LogP contribution is -2.39. The van der Waals surface area contributed by atoms with E-state index in [1.54, 1.807) is 19.1 Å². The van der Waals surface area contributed by atoms with E-state index in [1.807, 2.05) is 0 Å². The highest BCUT2D eigenvalue weighted by atomic mass is 28.4. The first-order chi connectivity index (χ1) is 10.3. The summed E-state index contributed by atoms with van der Waals surface area (Å²) in [6, 6.07) is 6.02. The second kappa shape index (κ2) is 6.87. The number of hydrogen-bond acceptors (Lipinski definition) is 2. The van der Waals surface area contributed by atoms with E-state index < -0.39 is 20.6 Å². The zero-order valence-electron chi connectivity index (χ0n) is 14.3. The van der Waals surface area contributed by atoms with Gasteiger partial charge in [-0.15, -0.1) is 13.2 Å². The van der Waals surface area contributed by atoms with Crippen LogP contribution in [-0.4, -0.2) is 14.7 Å². The average molecular weight is 344 g/mol. The average Bonchev–Trinajstić information content (AvgIpc) is 2.35. The number of benzene rings is 1. The summed E-state index contributed by atoms with van der Waals surface area (Å²) in [6.07, 6.45) is -2.03. The third-order valence-corrected chi connectivity index (χ3v) is 8.22. The quantitative estimate of drug-likeness (QED) is 0.519. The molecule has 1 atom stereocenters. The fourth-order valence-corrected chi connectivity index (χ4v) is 2.15. The second-order valence-corrected chi connectivity index (χ2v) is 11.6. The molecule has 0 aromatic heterocycles. The Morgan fingerprint density at radius 3 is 2.17 bits per heavy atom. The van der Waals surface area contributed by atoms with Crippen molar-refractivity contribution in [2.75, 3.05) is 0 Å². The maximum absolute atomic E-state index is 12.4. The number of halogens is 3. The molecule has 1 aromatic rings. The van der Waals surface area contributed by atoms with Crippen molar-refractivity contribution in [2.24, 2.45) is 0 Å². The van der Waals surface area contributed by atoms with E-state index in [1.165, 1.54) is 12.1 Å². The summed E-state index contributed by atoms with van der Waals surface area (Å²) < 4.78 is 47.1. The molecule has 2 nitrogen and oxygen atoms in total. The highest BCUT2D eigenvalue weighted by Crippen LogP contribution is 2.36. The van der Waals surface area contributed by atoms with Gasteiger partial charge in [-0.3, -0.25) is 0 Å². The van der Waals surface area contributed by atoms with Crippen LogP contribution in [0.15, 0.2) is 24.3 Å². The summed E-state index contributed by atoms with van der Waals surface area (Å²) in [5, 5.41) is 0.0161. The molecule has 0 N–H and O–H groups in total. The molecule has 0 aliphatic carbocycles. The summed E-state index contributed by atoms with van der Waals surface area (Å²) in [5.74, 6) is 2.21. The summed E-state index contributed by atoms with van der Waals surface area (Å²) in [4.78, 5) is 0. The van der Waals surface area contributed by atoms with Crippen LogP contribution >= 0.6 is 0 Å². The summed E-state index contributed by atoms with van der Waals surface area (Å²) in [5.41, 5.74) is 0.385. The second-order valence-electron chi connectivity index (χ2n) is 6.92. The van der Waals surface area contributed by atoms with E-state index in [4.69, 9.17) is 4.43 Å². The predicted octanol–water partition coefficient (Wildman–Crippen LogP) is 5.67. The van der Waals surface area contributed by atoms with E-state index in [0.717, 1.165) is 0 Å². The molecule has 0 radical (unpaired) electrons. The third kappa shape index (κ3) is 5.83. The van der Waals surface area contributed by atoms with E-state index in [-0.39, 0.29) is 10.8 Å². The van der Waals surface area contributed by atoms with Crippen LogP contribution < -0.4 is 4.74 Å². The van der Waals surface area contributed by atoms with Crippen molar-refractivity contribution in [1.29, 1.82) is 0 Å². The summed E-state index contributed by atoms with van der Waals surface area (Å²) in [6.45, 7) is 12.1. The summed E-state index contributed by atoms with van der Waals surface area (Å²) in [7, 11) is -2.01. The van der Waals surface area contributed by atoms with Crippen molar-refractivity contribution in [3.8, 4) is 17.8 Å². The van der Waals surface area contributed by atoms with Crippen molar-refractivity contribution in [1.82, 2.24) is 0 Å². The molecule has 0 spiro atoms. The normalized spacial score (nSPS) is 13.8. The van der Waals surface area contributed by atoms with Gasteiger partial charge in [-0.2, -0.15) is 0 Å². The van der Waals surface area contributed by atoms with Gasteiger partial charge in [-0.25, -0.2) is 0 Å². The Hall–Kier alpha value is -1.61. The minimum absolute atomic E-state index is 0.0161. The number of ether oxygens (including phenoxy) is 1. The molecular weight excluding hydrogens is 321 g/mol. The summed E-state index contributed by atoms with van der Waals surface area (Å²) >= 11 is 0. The standard InChI is InChI=1S/C17H23F3O2Si/c1-13(11-12-21-23(5,6)16(2,3)4)14-9-7-8-10-15(14)22-17(18,19)20/h7-10,13H,1-6H3.